The molecule has 0 spiro atoms. The van der Waals surface area contributed by atoms with Crippen LogP contribution in [0.1, 0.15) is 72.9 Å². The van der Waals surface area contributed by atoms with Crippen molar-refractivity contribution in [1.82, 2.24) is 20.4 Å². The van der Waals surface area contributed by atoms with E-state index in [1.165, 1.54) is 44.1 Å². The quantitative estimate of drug-likeness (QED) is 0.722. The van der Waals surface area contributed by atoms with Gasteiger partial charge >= 0.3 is 0 Å². The van der Waals surface area contributed by atoms with Crippen molar-refractivity contribution in [2.75, 3.05) is 13.1 Å². The Kier molecular flexibility index (Phi) is 5.80. The number of hydrogen-bond acceptors (Lipinski definition) is 5. The molecule has 2 N–H and O–H groups in total. The van der Waals surface area contributed by atoms with Gasteiger partial charge in [0.25, 0.3) is 5.91 Å². The number of benzene rings is 1. The van der Waals surface area contributed by atoms with Gasteiger partial charge in [-0.15, -0.1) is 0 Å². The summed E-state index contributed by atoms with van der Waals surface area (Å²) < 4.78 is 0. The van der Waals surface area contributed by atoms with Gasteiger partial charge < -0.3 is 10.2 Å². The van der Waals surface area contributed by atoms with E-state index < -0.39 is 6.04 Å². The van der Waals surface area contributed by atoms with Crippen LogP contribution in [0.5, 0.6) is 0 Å². The lowest BCUT2D eigenvalue weighted by Crippen LogP contribution is -2.53. The molecule has 0 bridgehead atoms. The van der Waals surface area contributed by atoms with Crippen LogP contribution in [-0.4, -0.2) is 58.7 Å². The van der Waals surface area contributed by atoms with Crippen LogP contribution in [0.25, 0.3) is 0 Å². The minimum Gasteiger partial charge on any atom is -0.322 e. The van der Waals surface area contributed by atoms with E-state index in [1.807, 2.05) is 12.1 Å². The van der Waals surface area contributed by atoms with Gasteiger partial charge in [-0.05, 0) is 62.4 Å². The molecule has 4 aliphatic heterocycles. The maximum atomic E-state index is 13.1. The fraction of sp³-hybridized carbons (Fsp3) is 0.625. The van der Waals surface area contributed by atoms with Crippen LogP contribution in [0.4, 0.5) is 0 Å². The summed E-state index contributed by atoms with van der Waals surface area (Å²) in [5, 5.41) is 6.11. The second kappa shape index (κ2) is 8.71. The van der Waals surface area contributed by atoms with Gasteiger partial charge in [-0.1, -0.05) is 25.0 Å². The summed E-state index contributed by atoms with van der Waals surface area (Å²) in [6.45, 7) is 3.54. The van der Waals surface area contributed by atoms with Crippen molar-refractivity contribution in [3.8, 4) is 0 Å². The second-order valence-corrected chi connectivity index (χ2v) is 9.48. The third kappa shape index (κ3) is 4.13. The summed E-state index contributed by atoms with van der Waals surface area (Å²) in [6, 6.07) is 6.81. The van der Waals surface area contributed by atoms with E-state index in [0.717, 1.165) is 25.2 Å². The highest BCUT2D eigenvalue weighted by Gasteiger charge is 2.39. The molecule has 1 aromatic carbocycles. The van der Waals surface area contributed by atoms with E-state index in [1.54, 1.807) is 4.90 Å². The van der Waals surface area contributed by atoms with Crippen molar-refractivity contribution >= 4 is 17.7 Å². The van der Waals surface area contributed by atoms with Crippen LogP contribution in [0.3, 0.4) is 0 Å². The van der Waals surface area contributed by atoms with Gasteiger partial charge in [0.1, 0.15) is 6.04 Å². The van der Waals surface area contributed by atoms with Gasteiger partial charge in [-0.2, -0.15) is 0 Å². The molecule has 0 saturated carbocycles. The van der Waals surface area contributed by atoms with Gasteiger partial charge in [0.2, 0.25) is 11.8 Å². The van der Waals surface area contributed by atoms with Crippen molar-refractivity contribution in [2.24, 2.45) is 0 Å². The van der Waals surface area contributed by atoms with Crippen LogP contribution in [-0.2, 0) is 22.7 Å². The van der Waals surface area contributed by atoms with Crippen LogP contribution < -0.4 is 10.6 Å². The van der Waals surface area contributed by atoms with E-state index in [9.17, 15) is 14.4 Å². The monoisotopic (exact) mass is 424 g/mol. The smallest absolute Gasteiger partial charge is 0.255 e. The number of amides is 3. The summed E-state index contributed by atoms with van der Waals surface area (Å²) in [6.07, 6.45) is 8.30. The first kappa shape index (κ1) is 20.6. The number of piperidine rings is 3. The van der Waals surface area contributed by atoms with Gasteiger partial charge in [0.15, 0.2) is 0 Å². The molecule has 7 heteroatoms. The molecule has 7 nitrogen and oxygen atoms in total. The Balaban J connectivity index is 1.30. The Labute approximate surface area is 183 Å². The molecule has 3 saturated heterocycles. The Hall–Kier alpha value is -2.25. The largest absolute Gasteiger partial charge is 0.322 e. The van der Waals surface area contributed by atoms with Crippen LogP contribution >= 0.6 is 0 Å². The fourth-order valence-electron chi connectivity index (χ4n) is 5.81. The highest BCUT2D eigenvalue weighted by Crippen LogP contribution is 2.30. The number of nitrogens with zero attached hydrogens (tertiary/aromatic N) is 2. The molecule has 1 aromatic rings. The third-order valence-corrected chi connectivity index (χ3v) is 7.46. The maximum absolute atomic E-state index is 13.1. The first-order chi connectivity index (χ1) is 15.1. The third-order valence-electron chi connectivity index (χ3n) is 7.46. The lowest BCUT2D eigenvalue weighted by atomic mass is 9.90. The van der Waals surface area contributed by atoms with Crippen LogP contribution in [0, 0.1) is 0 Å². The number of rotatable bonds is 4. The average molecular weight is 425 g/mol. The SMILES string of the molecule is O=C1CCC(N2Cc3ccc(CN4CCCCC4C4CCCCN4)cc3C2=O)C(=O)N1. The standard InChI is InChI=1S/C24H32N4O3/c29-22-10-9-21(23(30)26-22)28-15-17-8-7-16(13-18(17)24(28)31)14-27-12-4-2-6-20(27)19-5-1-3-11-25-19/h7-8,13,19-21,25H,1-6,9-12,14-15H2,(H,26,29,30). The lowest BCUT2D eigenvalue weighted by Gasteiger charge is -2.42. The maximum Gasteiger partial charge on any atom is 0.255 e. The predicted molar refractivity (Wildman–Crippen MR) is 116 cm³/mol. The van der Waals surface area contributed by atoms with Crippen molar-refractivity contribution in [1.29, 1.82) is 0 Å². The predicted octanol–water partition coefficient (Wildman–Crippen LogP) is 1.94. The number of hydrogen-bond donors (Lipinski definition) is 2. The summed E-state index contributed by atoms with van der Waals surface area (Å²) in [7, 11) is 0. The molecule has 3 unspecified atom stereocenters. The number of imide groups is 1. The molecule has 3 fully saturated rings. The summed E-state index contributed by atoms with van der Waals surface area (Å²) in [4.78, 5) is 41.1. The fourth-order valence-corrected chi connectivity index (χ4v) is 5.81. The Bertz CT molecular complexity index is 880. The van der Waals surface area contributed by atoms with Gasteiger partial charge in [0, 0.05) is 37.2 Å². The number of nitrogens with one attached hydrogen (secondary N) is 2. The molecule has 4 aliphatic rings. The van der Waals surface area contributed by atoms with E-state index in [-0.39, 0.29) is 24.1 Å². The van der Waals surface area contributed by atoms with E-state index in [4.69, 9.17) is 0 Å². The Morgan fingerprint density at radius 2 is 1.87 bits per heavy atom. The molecule has 5 rings (SSSR count). The number of carbonyl (C=O) groups is 3. The normalized spacial score (nSPS) is 29.7. The molecule has 3 amide bonds. The van der Waals surface area contributed by atoms with Crippen molar-refractivity contribution in [2.45, 2.75) is 82.6 Å². The second-order valence-electron chi connectivity index (χ2n) is 9.48. The first-order valence-electron chi connectivity index (χ1n) is 11.8. The Morgan fingerprint density at radius 3 is 2.68 bits per heavy atom. The minimum absolute atomic E-state index is 0.0875. The van der Waals surface area contributed by atoms with Gasteiger partial charge in [0.05, 0.1) is 0 Å². The highest BCUT2D eigenvalue weighted by atomic mass is 16.2. The molecular formula is C24H32N4O3. The minimum atomic E-state index is -0.551. The topological polar surface area (TPSA) is 81.8 Å². The molecular weight excluding hydrogens is 392 g/mol. The molecule has 31 heavy (non-hydrogen) atoms. The van der Waals surface area contributed by atoms with Crippen molar-refractivity contribution in [3.05, 3.63) is 34.9 Å². The lowest BCUT2D eigenvalue weighted by molar-refractivity contribution is -0.136. The summed E-state index contributed by atoms with van der Waals surface area (Å²) in [5.41, 5.74) is 2.86. The number of fused-ring (bicyclic) bond motifs is 1. The summed E-state index contributed by atoms with van der Waals surface area (Å²) >= 11 is 0. The Morgan fingerprint density at radius 1 is 1.00 bits per heavy atom. The van der Waals surface area contributed by atoms with E-state index >= 15 is 0 Å². The zero-order chi connectivity index (χ0) is 21.4. The van der Waals surface area contributed by atoms with Crippen LogP contribution in [0.2, 0.25) is 0 Å². The number of carbonyl (C=O) groups excluding carboxylic acids is 3. The molecule has 3 atom stereocenters. The van der Waals surface area contributed by atoms with Crippen molar-refractivity contribution < 1.29 is 14.4 Å². The average Bonchev–Trinajstić information content (AvgIpc) is 3.11. The van der Waals surface area contributed by atoms with E-state index in [0.29, 0.717) is 30.6 Å². The van der Waals surface area contributed by atoms with E-state index in [2.05, 4.69) is 21.6 Å². The molecule has 0 aromatic heterocycles. The molecule has 4 heterocycles. The summed E-state index contributed by atoms with van der Waals surface area (Å²) in [5.74, 6) is -0.694. The zero-order valence-electron chi connectivity index (χ0n) is 18.1. The molecule has 166 valence electrons. The van der Waals surface area contributed by atoms with Gasteiger partial charge in [-0.3, -0.25) is 24.6 Å². The molecule has 0 aliphatic carbocycles. The van der Waals surface area contributed by atoms with Crippen LogP contribution in [0.15, 0.2) is 18.2 Å². The van der Waals surface area contributed by atoms with Crippen molar-refractivity contribution in [3.63, 3.8) is 0 Å². The number of likely N-dealkylation sites (tertiary alicyclic amines) is 1. The highest BCUT2D eigenvalue weighted by molar-refractivity contribution is 6.05. The molecule has 0 radical (unpaired) electrons. The first-order valence-corrected chi connectivity index (χ1v) is 11.8. The zero-order valence-corrected chi connectivity index (χ0v) is 18.1. The van der Waals surface area contributed by atoms with Gasteiger partial charge in [-0.25, -0.2) is 0 Å².